The lowest BCUT2D eigenvalue weighted by atomic mass is 10.1. The number of carboxylic acids is 10. The standard InChI is InChI=1S/5C10H18O4.C3H6/c5*11-9(12)7-5-3-1-2-4-6-8-10(13)14;1-3-2/h5*1-8H2,(H,11,12)(H,13,14);3H,1H2,2H3. The van der Waals surface area contributed by atoms with Gasteiger partial charge in [-0.25, -0.2) is 0 Å². The van der Waals surface area contributed by atoms with Crippen molar-refractivity contribution >= 4 is 59.7 Å². The Morgan fingerprint density at radius 2 is 0.260 bits per heavy atom. The van der Waals surface area contributed by atoms with Crippen LogP contribution in [0.2, 0.25) is 0 Å². The molecule has 0 bridgehead atoms. The maximum atomic E-state index is 10.1. The van der Waals surface area contributed by atoms with Crippen LogP contribution in [0.15, 0.2) is 12.7 Å². The summed E-state index contributed by atoms with van der Waals surface area (Å²) in [6, 6.07) is 0. The van der Waals surface area contributed by atoms with Crippen LogP contribution in [0.4, 0.5) is 0 Å². The van der Waals surface area contributed by atoms with Crippen LogP contribution in [-0.2, 0) is 47.9 Å². The molecule has 73 heavy (non-hydrogen) atoms. The first kappa shape index (κ1) is 78.9. The first-order chi connectivity index (χ1) is 34.5. The molecule has 0 aliphatic heterocycles. The number of rotatable bonds is 45. The topological polar surface area (TPSA) is 373 Å². The minimum absolute atomic E-state index is 0.245. The Morgan fingerprint density at radius 3 is 0.315 bits per heavy atom. The summed E-state index contributed by atoms with van der Waals surface area (Å²) < 4.78 is 0. The summed E-state index contributed by atoms with van der Waals surface area (Å²) in [7, 11) is 0. The van der Waals surface area contributed by atoms with Crippen LogP contribution in [0.5, 0.6) is 0 Å². The minimum atomic E-state index is -0.740. The minimum Gasteiger partial charge on any atom is -0.481 e. The van der Waals surface area contributed by atoms with Gasteiger partial charge in [0.15, 0.2) is 0 Å². The highest BCUT2D eigenvalue weighted by atomic mass is 16.4. The first-order valence-electron chi connectivity index (χ1n) is 26.3. The summed E-state index contributed by atoms with van der Waals surface area (Å²) in [5.74, 6) is -7.40. The predicted octanol–water partition coefficient (Wildman–Crippen LogP) is 12.6. The molecule has 0 aromatic rings. The van der Waals surface area contributed by atoms with Gasteiger partial charge < -0.3 is 51.1 Å². The van der Waals surface area contributed by atoms with E-state index in [4.69, 9.17) is 51.1 Å². The van der Waals surface area contributed by atoms with E-state index in [1.165, 1.54) is 0 Å². The maximum Gasteiger partial charge on any atom is 0.303 e. The van der Waals surface area contributed by atoms with Crippen molar-refractivity contribution in [2.45, 2.75) is 264 Å². The van der Waals surface area contributed by atoms with Crippen LogP contribution in [-0.4, -0.2) is 111 Å². The van der Waals surface area contributed by atoms with Gasteiger partial charge in [0.25, 0.3) is 0 Å². The van der Waals surface area contributed by atoms with Crippen molar-refractivity contribution in [3.8, 4) is 0 Å². The molecule has 0 aromatic heterocycles. The molecule has 0 saturated carbocycles. The molecular formula is C53H96O20. The average Bonchev–Trinajstić information content (AvgIpc) is 3.28. The van der Waals surface area contributed by atoms with E-state index in [1.807, 2.05) is 6.92 Å². The van der Waals surface area contributed by atoms with Gasteiger partial charge in [-0.2, -0.15) is 0 Å². The molecule has 0 rings (SSSR count). The Labute approximate surface area is 434 Å². The monoisotopic (exact) mass is 1050 g/mol. The van der Waals surface area contributed by atoms with Crippen LogP contribution in [0.3, 0.4) is 0 Å². The lowest BCUT2D eigenvalue weighted by molar-refractivity contribution is -0.138. The molecule has 20 heteroatoms. The van der Waals surface area contributed by atoms with Crippen molar-refractivity contribution in [2.75, 3.05) is 0 Å². The summed E-state index contributed by atoms with van der Waals surface area (Å²) in [6.07, 6.45) is 30.9. The Bertz CT molecular complexity index is 1070. The lowest BCUT2D eigenvalue weighted by Gasteiger charge is -1.98. The van der Waals surface area contributed by atoms with E-state index in [0.717, 1.165) is 193 Å². The highest BCUT2D eigenvalue weighted by Gasteiger charge is 2.03. The van der Waals surface area contributed by atoms with Crippen molar-refractivity contribution in [3.05, 3.63) is 12.7 Å². The molecule has 0 aliphatic rings. The molecule has 0 unspecified atom stereocenters. The molecule has 0 radical (unpaired) electrons. The molecule has 0 saturated heterocycles. The van der Waals surface area contributed by atoms with Crippen molar-refractivity contribution in [3.63, 3.8) is 0 Å². The van der Waals surface area contributed by atoms with Gasteiger partial charge in [-0.15, -0.1) is 6.58 Å². The third-order valence-electron chi connectivity index (χ3n) is 10.2. The third-order valence-corrected chi connectivity index (χ3v) is 10.2. The summed E-state index contributed by atoms with van der Waals surface area (Å²) in [5, 5.41) is 83.5. The van der Waals surface area contributed by atoms with Crippen LogP contribution in [0, 0.1) is 0 Å². The molecular weight excluding hydrogens is 957 g/mol. The number of unbranched alkanes of at least 4 members (excludes halogenated alkanes) is 25. The van der Waals surface area contributed by atoms with Crippen LogP contribution < -0.4 is 0 Å². The van der Waals surface area contributed by atoms with Gasteiger partial charge in [-0.05, 0) is 71.1 Å². The number of aliphatic carboxylic acids is 10. The second-order valence-electron chi connectivity index (χ2n) is 17.5. The van der Waals surface area contributed by atoms with E-state index >= 15 is 0 Å². The summed E-state index contributed by atoms with van der Waals surface area (Å²) >= 11 is 0. The summed E-state index contributed by atoms with van der Waals surface area (Å²) in [6.45, 7) is 5.25. The van der Waals surface area contributed by atoms with Gasteiger partial charge in [0.05, 0.1) is 0 Å². The van der Waals surface area contributed by atoms with Gasteiger partial charge in [0.1, 0.15) is 0 Å². The maximum absolute atomic E-state index is 10.1. The van der Waals surface area contributed by atoms with E-state index in [9.17, 15) is 47.9 Å². The zero-order chi connectivity index (χ0) is 56.8. The van der Waals surface area contributed by atoms with Crippen molar-refractivity contribution in [2.24, 2.45) is 0 Å². The SMILES string of the molecule is C=CC.O=C(O)CCCCCCCCC(=O)O.O=C(O)CCCCCCCCC(=O)O.O=C(O)CCCCCCCCC(=O)O.O=C(O)CCCCCCCCC(=O)O.O=C(O)CCCCCCCCC(=O)O. The van der Waals surface area contributed by atoms with Crippen LogP contribution in [0.1, 0.15) is 264 Å². The highest BCUT2D eigenvalue weighted by Crippen LogP contribution is 2.12. The van der Waals surface area contributed by atoms with E-state index in [1.54, 1.807) is 6.08 Å². The summed E-state index contributed by atoms with van der Waals surface area (Å²) in [5.41, 5.74) is 0. The van der Waals surface area contributed by atoms with Crippen molar-refractivity contribution in [1.29, 1.82) is 0 Å². The van der Waals surface area contributed by atoms with Crippen molar-refractivity contribution in [1.82, 2.24) is 0 Å². The molecule has 0 heterocycles. The Hall–Kier alpha value is -5.56. The van der Waals surface area contributed by atoms with Gasteiger partial charge >= 0.3 is 59.7 Å². The molecule has 0 aliphatic carbocycles. The fraction of sp³-hybridized carbons (Fsp3) is 0.774. The number of hydrogen-bond donors (Lipinski definition) is 10. The smallest absolute Gasteiger partial charge is 0.303 e. The average molecular weight is 1050 g/mol. The molecule has 0 fully saturated rings. The Balaban J connectivity index is -0.000000189. The van der Waals surface area contributed by atoms with E-state index in [0.29, 0.717) is 0 Å². The molecule has 20 nitrogen and oxygen atoms in total. The van der Waals surface area contributed by atoms with E-state index < -0.39 is 59.7 Å². The second kappa shape index (κ2) is 66.4. The zero-order valence-corrected chi connectivity index (χ0v) is 44.1. The number of carbonyl (C=O) groups is 10. The lowest BCUT2D eigenvalue weighted by Crippen LogP contribution is -1.94. The number of allylic oxidation sites excluding steroid dienone is 1. The Kier molecular flexibility index (Phi) is 71.8. The molecule has 0 amide bonds. The quantitative estimate of drug-likeness (QED) is 0.0200. The van der Waals surface area contributed by atoms with Crippen LogP contribution >= 0.6 is 0 Å². The number of hydrogen-bond acceptors (Lipinski definition) is 10. The molecule has 428 valence electrons. The molecule has 10 N–H and O–H groups in total. The first-order valence-corrected chi connectivity index (χ1v) is 26.3. The second-order valence-corrected chi connectivity index (χ2v) is 17.5. The van der Waals surface area contributed by atoms with E-state index in [-0.39, 0.29) is 64.2 Å². The zero-order valence-electron chi connectivity index (χ0n) is 44.1. The highest BCUT2D eigenvalue weighted by molar-refractivity contribution is 5.69. The van der Waals surface area contributed by atoms with Gasteiger partial charge in [0.2, 0.25) is 0 Å². The van der Waals surface area contributed by atoms with Gasteiger partial charge in [-0.1, -0.05) is 134 Å². The predicted molar refractivity (Wildman–Crippen MR) is 277 cm³/mol. The number of carboxylic acid groups (broad SMARTS) is 10. The Morgan fingerprint density at radius 1 is 0.205 bits per heavy atom. The largest absolute Gasteiger partial charge is 0.481 e. The molecule has 0 atom stereocenters. The fourth-order valence-electron chi connectivity index (χ4n) is 6.30. The molecule has 0 aromatic carbocycles. The van der Waals surface area contributed by atoms with Gasteiger partial charge in [0, 0.05) is 64.2 Å². The molecule has 0 spiro atoms. The van der Waals surface area contributed by atoms with E-state index in [2.05, 4.69) is 6.58 Å². The summed E-state index contributed by atoms with van der Waals surface area (Å²) in [4.78, 5) is 101. The fourth-order valence-corrected chi connectivity index (χ4v) is 6.30. The third kappa shape index (κ3) is 113. The van der Waals surface area contributed by atoms with Crippen LogP contribution in [0.25, 0.3) is 0 Å². The van der Waals surface area contributed by atoms with Crippen molar-refractivity contribution < 1.29 is 99.0 Å². The normalized spacial score (nSPS) is 9.77. The van der Waals surface area contributed by atoms with Gasteiger partial charge in [-0.3, -0.25) is 47.9 Å².